The number of amides is 1. The molecule has 1 heterocycles. The summed E-state index contributed by atoms with van der Waals surface area (Å²) in [4.78, 5) is 10.8. The van der Waals surface area contributed by atoms with Crippen LogP contribution in [0.15, 0.2) is 35.7 Å². The Labute approximate surface area is 138 Å². The van der Waals surface area contributed by atoms with Gasteiger partial charge in [-0.15, -0.1) is 0 Å². The second-order valence-corrected chi connectivity index (χ2v) is 7.34. The second-order valence-electron chi connectivity index (χ2n) is 5.40. The number of rotatable bonds is 4. The van der Waals surface area contributed by atoms with Crippen LogP contribution in [0, 0.1) is 0 Å². The van der Waals surface area contributed by atoms with E-state index in [0.717, 1.165) is 18.6 Å². The van der Waals surface area contributed by atoms with Gasteiger partial charge in [0.15, 0.2) is 0 Å². The van der Waals surface area contributed by atoms with E-state index >= 15 is 0 Å². The molecule has 0 spiro atoms. The highest BCUT2D eigenvalue weighted by Gasteiger charge is 2.34. The summed E-state index contributed by atoms with van der Waals surface area (Å²) in [6, 6.07) is 2.31. The van der Waals surface area contributed by atoms with E-state index in [4.69, 9.17) is 0 Å². The number of hydrogen-bond donors (Lipinski definition) is 1. The lowest BCUT2D eigenvalue weighted by Crippen LogP contribution is -2.35. The zero-order valence-corrected chi connectivity index (χ0v) is 13.6. The summed E-state index contributed by atoms with van der Waals surface area (Å²) in [5.41, 5.74) is -1.38. The highest BCUT2D eigenvalue weighted by molar-refractivity contribution is 7.89. The number of carbonyl (C=O) groups excluding carboxylic acids is 1. The summed E-state index contributed by atoms with van der Waals surface area (Å²) < 4.78 is 65.5. The fraction of sp³-hybridized carbons (Fsp3) is 0.400. The minimum atomic E-state index is -4.74. The van der Waals surface area contributed by atoms with Crippen molar-refractivity contribution in [2.75, 3.05) is 18.4 Å². The van der Waals surface area contributed by atoms with Gasteiger partial charge in [-0.3, -0.25) is 4.79 Å². The van der Waals surface area contributed by atoms with Crippen LogP contribution in [0.3, 0.4) is 0 Å². The number of hydrogen-bond acceptors (Lipinski definition) is 3. The minimum Gasteiger partial charge on any atom is -0.322 e. The number of halogens is 3. The maximum absolute atomic E-state index is 13.1. The van der Waals surface area contributed by atoms with Crippen molar-refractivity contribution in [2.24, 2.45) is 0 Å². The molecule has 1 aliphatic heterocycles. The zero-order chi connectivity index (χ0) is 18.0. The van der Waals surface area contributed by atoms with E-state index in [1.807, 2.05) is 0 Å². The van der Waals surface area contributed by atoms with Crippen molar-refractivity contribution in [3.63, 3.8) is 0 Å². The number of sulfonamides is 1. The molecule has 0 aliphatic carbocycles. The Morgan fingerprint density at radius 3 is 2.33 bits per heavy atom. The van der Waals surface area contributed by atoms with E-state index in [1.54, 1.807) is 0 Å². The van der Waals surface area contributed by atoms with Crippen molar-refractivity contribution in [1.82, 2.24) is 4.31 Å². The molecule has 0 aromatic heterocycles. The first-order valence-corrected chi connectivity index (χ1v) is 8.74. The predicted molar refractivity (Wildman–Crippen MR) is 82.9 cm³/mol. The standard InChI is InChI=1S/C15H17F3N2O3S/c1-2-14(21)19-12-8-11(15(16,17)18)9-13(10-12)24(22,23)20-6-4-3-5-7-20/h2,8-10H,1,3-7H2,(H,19,21). The van der Waals surface area contributed by atoms with Crippen LogP contribution in [0.4, 0.5) is 18.9 Å². The minimum absolute atomic E-state index is 0.245. The Morgan fingerprint density at radius 2 is 1.79 bits per heavy atom. The molecule has 1 aliphatic rings. The molecule has 1 fully saturated rings. The number of nitrogens with one attached hydrogen (secondary N) is 1. The topological polar surface area (TPSA) is 66.5 Å². The Morgan fingerprint density at radius 1 is 1.17 bits per heavy atom. The summed E-state index contributed by atoms with van der Waals surface area (Å²) in [7, 11) is -4.05. The fourth-order valence-electron chi connectivity index (χ4n) is 2.43. The van der Waals surface area contributed by atoms with Gasteiger partial charge in [0.05, 0.1) is 10.5 Å². The van der Waals surface area contributed by atoms with Crippen molar-refractivity contribution in [3.05, 3.63) is 36.4 Å². The van der Waals surface area contributed by atoms with E-state index in [-0.39, 0.29) is 18.8 Å². The fourth-order valence-corrected chi connectivity index (χ4v) is 4.02. The molecule has 2 rings (SSSR count). The van der Waals surface area contributed by atoms with Gasteiger partial charge in [-0.25, -0.2) is 8.42 Å². The quantitative estimate of drug-likeness (QED) is 0.838. The van der Waals surface area contributed by atoms with Gasteiger partial charge in [-0.05, 0) is 37.1 Å². The third-order valence-electron chi connectivity index (χ3n) is 3.64. The summed E-state index contributed by atoms with van der Waals surface area (Å²) in [6.07, 6.45) is -1.63. The van der Waals surface area contributed by atoms with E-state index < -0.39 is 32.6 Å². The van der Waals surface area contributed by atoms with Crippen LogP contribution in [0.25, 0.3) is 0 Å². The van der Waals surface area contributed by atoms with Crippen molar-refractivity contribution in [2.45, 2.75) is 30.3 Å². The zero-order valence-electron chi connectivity index (χ0n) is 12.8. The Bertz CT molecular complexity index is 739. The number of nitrogens with zero attached hydrogens (tertiary/aromatic N) is 1. The molecule has 9 heteroatoms. The average Bonchev–Trinajstić information content (AvgIpc) is 2.54. The predicted octanol–water partition coefficient (Wildman–Crippen LogP) is 3.00. The highest BCUT2D eigenvalue weighted by Crippen LogP contribution is 2.34. The first kappa shape index (κ1) is 18.5. The van der Waals surface area contributed by atoms with Gasteiger partial charge in [0.1, 0.15) is 0 Å². The lowest BCUT2D eigenvalue weighted by molar-refractivity contribution is -0.137. The summed E-state index contributed by atoms with van der Waals surface area (Å²) >= 11 is 0. The summed E-state index contributed by atoms with van der Waals surface area (Å²) in [6.45, 7) is 3.75. The molecule has 0 radical (unpaired) electrons. The van der Waals surface area contributed by atoms with Gasteiger partial charge in [-0.1, -0.05) is 13.0 Å². The molecular weight excluding hydrogens is 345 g/mol. The first-order chi connectivity index (χ1) is 11.1. The van der Waals surface area contributed by atoms with Crippen molar-refractivity contribution < 1.29 is 26.4 Å². The van der Waals surface area contributed by atoms with Gasteiger partial charge >= 0.3 is 6.18 Å². The summed E-state index contributed by atoms with van der Waals surface area (Å²) in [5, 5.41) is 2.18. The van der Waals surface area contributed by atoms with Gasteiger partial charge in [-0.2, -0.15) is 17.5 Å². The molecule has 1 saturated heterocycles. The molecule has 1 aromatic rings. The lowest BCUT2D eigenvalue weighted by Gasteiger charge is -2.26. The van der Waals surface area contributed by atoms with Gasteiger partial charge in [0, 0.05) is 18.8 Å². The normalized spacial score (nSPS) is 16.6. The third kappa shape index (κ3) is 4.15. The molecule has 1 N–H and O–H groups in total. The van der Waals surface area contributed by atoms with Gasteiger partial charge in [0.2, 0.25) is 15.9 Å². The molecule has 0 atom stereocenters. The van der Waals surface area contributed by atoms with Crippen LogP contribution < -0.4 is 5.32 Å². The average molecular weight is 362 g/mol. The number of anilines is 1. The van der Waals surface area contributed by atoms with Crippen LogP contribution in [0.2, 0.25) is 0 Å². The van der Waals surface area contributed by atoms with Crippen LogP contribution in [0.1, 0.15) is 24.8 Å². The molecule has 24 heavy (non-hydrogen) atoms. The molecule has 0 saturated carbocycles. The summed E-state index contributed by atoms with van der Waals surface area (Å²) in [5.74, 6) is -0.726. The van der Waals surface area contributed by atoms with E-state index in [0.29, 0.717) is 25.0 Å². The molecule has 132 valence electrons. The van der Waals surface area contributed by atoms with E-state index in [1.165, 1.54) is 4.31 Å². The second kappa shape index (κ2) is 6.94. The number of benzene rings is 1. The Balaban J connectivity index is 2.49. The van der Waals surface area contributed by atoms with Crippen LogP contribution in [-0.2, 0) is 21.0 Å². The third-order valence-corrected chi connectivity index (χ3v) is 5.52. The molecule has 0 unspecified atom stereocenters. The van der Waals surface area contributed by atoms with Crippen molar-refractivity contribution >= 4 is 21.6 Å². The first-order valence-electron chi connectivity index (χ1n) is 7.30. The molecular formula is C15H17F3N2O3S. The Hall–Kier alpha value is -1.87. The molecule has 1 aromatic carbocycles. The smallest absolute Gasteiger partial charge is 0.322 e. The van der Waals surface area contributed by atoms with Crippen LogP contribution in [-0.4, -0.2) is 31.7 Å². The number of carbonyl (C=O) groups is 1. The lowest BCUT2D eigenvalue weighted by atomic mass is 10.2. The van der Waals surface area contributed by atoms with Crippen molar-refractivity contribution in [1.29, 1.82) is 0 Å². The van der Waals surface area contributed by atoms with Gasteiger partial charge in [0.25, 0.3) is 0 Å². The highest BCUT2D eigenvalue weighted by atomic mass is 32.2. The maximum Gasteiger partial charge on any atom is 0.416 e. The van der Waals surface area contributed by atoms with Crippen molar-refractivity contribution in [3.8, 4) is 0 Å². The Kier molecular flexibility index (Phi) is 5.34. The number of piperidine rings is 1. The molecule has 0 bridgehead atoms. The number of alkyl halides is 3. The van der Waals surface area contributed by atoms with Crippen LogP contribution in [0.5, 0.6) is 0 Å². The SMILES string of the molecule is C=CC(=O)Nc1cc(C(F)(F)F)cc(S(=O)(=O)N2CCCCC2)c1. The largest absolute Gasteiger partial charge is 0.416 e. The van der Waals surface area contributed by atoms with E-state index in [2.05, 4.69) is 11.9 Å². The van der Waals surface area contributed by atoms with Crippen LogP contribution >= 0.6 is 0 Å². The molecule has 1 amide bonds. The molecule has 5 nitrogen and oxygen atoms in total. The van der Waals surface area contributed by atoms with E-state index in [9.17, 15) is 26.4 Å². The monoisotopic (exact) mass is 362 g/mol. The van der Waals surface area contributed by atoms with Gasteiger partial charge < -0.3 is 5.32 Å². The maximum atomic E-state index is 13.1.